The van der Waals surface area contributed by atoms with E-state index in [0.717, 1.165) is 16.9 Å². The van der Waals surface area contributed by atoms with Gasteiger partial charge in [0.05, 0.1) is 4.90 Å². The second-order valence-electron chi connectivity index (χ2n) is 5.83. The highest BCUT2D eigenvalue weighted by atomic mass is 32.2. The van der Waals surface area contributed by atoms with Crippen molar-refractivity contribution in [2.45, 2.75) is 11.8 Å². The Labute approximate surface area is 166 Å². The first-order valence-corrected chi connectivity index (χ1v) is 10.5. The minimum atomic E-state index is -3.90. The molecule has 0 saturated carbocycles. The summed E-state index contributed by atoms with van der Waals surface area (Å²) in [5, 5.41) is 8.91. The van der Waals surface area contributed by atoms with E-state index in [4.69, 9.17) is 9.84 Å². The molecule has 3 rings (SSSR count). The van der Waals surface area contributed by atoms with Crippen molar-refractivity contribution in [2.75, 3.05) is 4.72 Å². The van der Waals surface area contributed by atoms with Gasteiger partial charge in [0.25, 0.3) is 10.0 Å². The third-order valence-electron chi connectivity index (χ3n) is 3.76. The lowest BCUT2D eigenvalue weighted by atomic mass is 10.2. The summed E-state index contributed by atoms with van der Waals surface area (Å²) < 4.78 is 32.6. The van der Waals surface area contributed by atoms with Crippen molar-refractivity contribution in [1.82, 2.24) is 0 Å². The predicted molar refractivity (Wildman–Crippen MR) is 110 cm³/mol. The fourth-order valence-corrected chi connectivity index (χ4v) is 4.73. The maximum absolute atomic E-state index is 12.7. The number of carboxylic acid groups (broad SMARTS) is 1. The van der Waals surface area contributed by atoms with E-state index >= 15 is 0 Å². The number of sulfonamides is 1. The summed E-state index contributed by atoms with van der Waals surface area (Å²) in [6.45, 7) is 1.69. The molecule has 0 atom stereocenters. The first-order valence-electron chi connectivity index (χ1n) is 8.21. The van der Waals surface area contributed by atoms with Gasteiger partial charge in [0.15, 0.2) is 0 Å². The molecular weight excluding hydrogens is 398 g/mol. The standard InChI is InChI=1S/C20H17NO5S2/c1-14-7-5-6-10-18(14)28(24,25)21-17-13-16(27-19(17)26-20(22)23)12-11-15-8-3-2-4-9-15/h2-13,21H,1H3,(H,22,23). The Hall–Kier alpha value is -3.10. The van der Waals surface area contributed by atoms with Gasteiger partial charge in [-0.25, -0.2) is 13.2 Å². The molecule has 2 aromatic carbocycles. The third kappa shape index (κ3) is 4.79. The molecule has 0 spiro atoms. The van der Waals surface area contributed by atoms with Crippen LogP contribution in [0.15, 0.2) is 65.6 Å². The van der Waals surface area contributed by atoms with Gasteiger partial charge in [0.1, 0.15) is 5.69 Å². The van der Waals surface area contributed by atoms with Crippen LogP contribution in [0.1, 0.15) is 16.0 Å². The van der Waals surface area contributed by atoms with Gasteiger partial charge in [-0.3, -0.25) is 4.72 Å². The van der Waals surface area contributed by atoms with Crippen molar-refractivity contribution in [1.29, 1.82) is 0 Å². The average molecular weight is 415 g/mol. The largest absolute Gasteiger partial charge is 0.512 e. The lowest BCUT2D eigenvalue weighted by Gasteiger charge is -2.10. The number of benzene rings is 2. The third-order valence-corrected chi connectivity index (χ3v) is 6.27. The van der Waals surface area contributed by atoms with Crippen molar-refractivity contribution < 1.29 is 23.1 Å². The van der Waals surface area contributed by atoms with Crippen molar-refractivity contribution >= 4 is 45.4 Å². The number of rotatable bonds is 6. The molecule has 2 N–H and O–H groups in total. The summed E-state index contributed by atoms with van der Waals surface area (Å²) in [4.78, 5) is 11.7. The van der Waals surface area contributed by atoms with Gasteiger partial charge in [0.2, 0.25) is 5.06 Å². The fourth-order valence-electron chi connectivity index (χ4n) is 2.50. The minimum absolute atomic E-state index is 0.0441. The number of ether oxygens (including phenoxy) is 1. The van der Waals surface area contributed by atoms with Gasteiger partial charge in [0, 0.05) is 4.88 Å². The summed E-state index contributed by atoms with van der Waals surface area (Å²) >= 11 is 1.03. The van der Waals surface area contributed by atoms with Crippen LogP contribution in [0.4, 0.5) is 10.5 Å². The van der Waals surface area contributed by atoms with Crippen molar-refractivity contribution in [3.63, 3.8) is 0 Å². The Kier molecular flexibility index (Phi) is 5.81. The summed E-state index contributed by atoms with van der Waals surface area (Å²) in [7, 11) is -3.90. The molecule has 0 unspecified atom stereocenters. The molecule has 0 aliphatic rings. The van der Waals surface area contributed by atoms with Gasteiger partial charge in [-0.15, -0.1) is 0 Å². The van der Waals surface area contributed by atoms with E-state index in [1.54, 1.807) is 31.2 Å². The van der Waals surface area contributed by atoms with Crippen molar-refractivity contribution in [3.05, 3.63) is 76.7 Å². The molecule has 8 heteroatoms. The SMILES string of the molecule is Cc1ccccc1S(=O)(=O)Nc1cc(C=Cc2ccccc2)sc1OC(=O)O. The van der Waals surface area contributed by atoms with E-state index in [1.165, 1.54) is 12.1 Å². The molecule has 3 aromatic rings. The minimum Gasteiger partial charge on any atom is -0.449 e. The van der Waals surface area contributed by atoms with E-state index in [0.29, 0.717) is 10.4 Å². The lowest BCUT2D eigenvalue weighted by molar-refractivity contribution is 0.146. The molecule has 0 fully saturated rings. The predicted octanol–water partition coefficient (Wildman–Crippen LogP) is 5.08. The average Bonchev–Trinajstić information content (AvgIpc) is 3.01. The van der Waals surface area contributed by atoms with Crippen molar-refractivity contribution in [2.24, 2.45) is 0 Å². The summed E-state index contributed by atoms with van der Waals surface area (Å²) in [6, 6.07) is 17.6. The highest BCUT2D eigenvalue weighted by Gasteiger charge is 2.21. The van der Waals surface area contributed by atoms with Gasteiger partial charge in [-0.2, -0.15) is 0 Å². The molecule has 6 nitrogen and oxygen atoms in total. The van der Waals surface area contributed by atoms with Crippen LogP contribution in [-0.4, -0.2) is 19.7 Å². The number of anilines is 1. The zero-order chi connectivity index (χ0) is 20.1. The zero-order valence-corrected chi connectivity index (χ0v) is 16.5. The van der Waals surface area contributed by atoms with Crippen LogP contribution < -0.4 is 9.46 Å². The zero-order valence-electron chi connectivity index (χ0n) is 14.8. The number of thiophene rings is 1. The maximum Gasteiger partial charge on any atom is 0.512 e. The summed E-state index contributed by atoms with van der Waals surface area (Å²) in [5.41, 5.74) is 1.61. The van der Waals surface area contributed by atoms with Crippen LogP contribution in [0.2, 0.25) is 0 Å². The molecule has 0 aliphatic carbocycles. The van der Waals surface area contributed by atoms with E-state index < -0.39 is 16.2 Å². The van der Waals surface area contributed by atoms with Crippen LogP contribution in [0.5, 0.6) is 5.06 Å². The van der Waals surface area contributed by atoms with E-state index in [9.17, 15) is 13.2 Å². The van der Waals surface area contributed by atoms with E-state index in [2.05, 4.69) is 4.72 Å². The summed E-state index contributed by atoms with van der Waals surface area (Å²) in [5.74, 6) is 0. The number of carbonyl (C=O) groups is 1. The van der Waals surface area contributed by atoms with Crippen molar-refractivity contribution in [3.8, 4) is 5.06 Å². The summed E-state index contributed by atoms with van der Waals surface area (Å²) in [6.07, 6.45) is 2.09. The molecule has 28 heavy (non-hydrogen) atoms. The van der Waals surface area contributed by atoms with E-state index in [-0.39, 0.29) is 15.6 Å². The van der Waals surface area contributed by atoms with Crippen LogP contribution in [0, 0.1) is 6.92 Å². The Morgan fingerprint density at radius 1 is 1.07 bits per heavy atom. The number of nitrogens with one attached hydrogen (secondary N) is 1. The van der Waals surface area contributed by atoms with Crippen LogP contribution in [0.3, 0.4) is 0 Å². The van der Waals surface area contributed by atoms with Gasteiger partial charge in [-0.05, 0) is 36.3 Å². The second kappa shape index (κ2) is 8.28. The molecule has 0 radical (unpaired) electrons. The second-order valence-corrected chi connectivity index (χ2v) is 8.53. The van der Waals surface area contributed by atoms with Crippen LogP contribution in [0.25, 0.3) is 12.2 Å². The molecule has 1 heterocycles. The Balaban J connectivity index is 1.93. The maximum atomic E-state index is 12.7. The van der Waals surface area contributed by atoms with Crippen LogP contribution in [-0.2, 0) is 10.0 Å². The number of aryl methyl sites for hydroxylation is 1. The molecule has 0 saturated heterocycles. The Morgan fingerprint density at radius 3 is 2.43 bits per heavy atom. The normalized spacial score (nSPS) is 11.5. The monoisotopic (exact) mass is 415 g/mol. The molecule has 1 aromatic heterocycles. The van der Waals surface area contributed by atoms with Gasteiger partial charge < -0.3 is 9.84 Å². The number of hydrogen-bond donors (Lipinski definition) is 2. The number of hydrogen-bond acceptors (Lipinski definition) is 5. The first kappa shape index (κ1) is 19.7. The lowest BCUT2D eigenvalue weighted by Crippen LogP contribution is -2.15. The Morgan fingerprint density at radius 2 is 1.75 bits per heavy atom. The fraction of sp³-hybridized carbons (Fsp3) is 0.0500. The topological polar surface area (TPSA) is 92.7 Å². The highest BCUT2D eigenvalue weighted by molar-refractivity contribution is 7.92. The van der Waals surface area contributed by atoms with Gasteiger partial charge >= 0.3 is 6.16 Å². The first-order chi connectivity index (χ1) is 13.3. The van der Waals surface area contributed by atoms with E-state index in [1.807, 2.05) is 36.4 Å². The molecule has 0 amide bonds. The molecular formula is C20H17NO5S2. The van der Waals surface area contributed by atoms with Gasteiger partial charge in [-0.1, -0.05) is 65.9 Å². The molecule has 144 valence electrons. The molecule has 0 bridgehead atoms. The molecule has 0 aliphatic heterocycles. The highest BCUT2D eigenvalue weighted by Crippen LogP contribution is 2.38. The quantitative estimate of drug-likeness (QED) is 0.548. The van der Waals surface area contributed by atoms with Crippen LogP contribution >= 0.6 is 11.3 Å². The Bertz CT molecular complexity index is 1120. The smallest absolute Gasteiger partial charge is 0.449 e.